The minimum absolute atomic E-state index is 0.339. The normalized spacial score (nSPS) is 26.7. The Kier molecular flexibility index (Phi) is 3.53. The number of hydrogen-bond acceptors (Lipinski definition) is 1. The molecule has 2 aliphatic carbocycles. The van der Waals surface area contributed by atoms with Gasteiger partial charge >= 0.3 is 0 Å². The van der Waals surface area contributed by atoms with Crippen molar-refractivity contribution in [2.75, 3.05) is 0 Å². The van der Waals surface area contributed by atoms with Gasteiger partial charge in [-0.2, -0.15) is 0 Å². The van der Waals surface area contributed by atoms with Crippen LogP contribution in [0, 0.1) is 5.92 Å². The van der Waals surface area contributed by atoms with Crippen molar-refractivity contribution in [3.8, 4) is 0 Å². The predicted molar refractivity (Wildman–Crippen MR) is 90.4 cm³/mol. The average Bonchev–Trinajstić information content (AvgIpc) is 3.01. The van der Waals surface area contributed by atoms with Gasteiger partial charge in [0.15, 0.2) is 0 Å². The zero-order valence-corrected chi connectivity index (χ0v) is 13.9. The fourth-order valence-corrected chi connectivity index (χ4v) is 5.02. The summed E-state index contributed by atoms with van der Waals surface area (Å²) in [5.41, 5.74) is 4.95. The fraction of sp³-hybridized carbons (Fsp3) is 0.526. The van der Waals surface area contributed by atoms with Crippen molar-refractivity contribution in [2.45, 2.75) is 57.4 Å². The lowest BCUT2D eigenvalue weighted by Gasteiger charge is -2.44. The number of rotatable bonds is 3. The van der Waals surface area contributed by atoms with Crippen LogP contribution in [0.15, 0.2) is 30.9 Å². The van der Waals surface area contributed by atoms with Gasteiger partial charge < -0.3 is 4.57 Å². The molecule has 0 amide bonds. The first kappa shape index (κ1) is 14.3. The lowest BCUT2D eigenvalue weighted by atomic mass is 9.60. The van der Waals surface area contributed by atoms with Gasteiger partial charge in [-0.1, -0.05) is 24.6 Å². The van der Waals surface area contributed by atoms with E-state index >= 15 is 0 Å². The molecule has 2 atom stereocenters. The molecule has 0 bridgehead atoms. The molecule has 4 rings (SSSR count). The number of aryl methyl sites for hydroxylation is 2. The van der Waals surface area contributed by atoms with Crippen molar-refractivity contribution in [1.82, 2.24) is 9.55 Å². The van der Waals surface area contributed by atoms with Crippen LogP contribution >= 0.6 is 11.6 Å². The number of imidazole rings is 1. The molecule has 1 aromatic carbocycles. The van der Waals surface area contributed by atoms with Crippen molar-refractivity contribution in [3.63, 3.8) is 0 Å². The van der Waals surface area contributed by atoms with Crippen molar-refractivity contribution in [1.29, 1.82) is 0 Å². The van der Waals surface area contributed by atoms with Gasteiger partial charge in [0.25, 0.3) is 0 Å². The zero-order chi connectivity index (χ0) is 15.2. The maximum absolute atomic E-state index is 6.57. The fourth-order valence-electron chi connectivity index (χ4n) is 4.78. The Morgan fingerprint density at radius 2 is 2.32 bits per heavy atom. The maximum Gasteiger partial charge on any atom is 0.0945 e. The first-order chi connectivity index (χ1) is 10.7. The van der Waals surface area contributed by atoms with Crippen LogP contribution in [0.3, 0.4) is 0 Å². The minimum Gasteiger partial charge on any atom is -0.337 e. The van der Waals surface area contributed by atoms with E-state index in [4.69, 9.17) is 11.6 Å². The molecule has 0 saturated heterocycles. The van der Waals surface area contributed by atoms with Crippen molar-refractivity contribution in [3.05, 3.63) is 52.6 Å². The Morgan fingerprint density at radius 3 is 3.14 bits per heavy atom. The SMILES string of the molecule is CC12CCCc3ccc(Cl)c(c31)CC(CCn1ccnc1)C2. The van der Waals surface area contributed by atoms with E-state index < -0.39 is 0 Å². The van der Waals surface area contributed by atoms with E-state index in [1.54, 1.807) is 11.1 Å². The quantitative estimate of drug-likeness (QED) is 0.797. The topological polar surface area (TPSA) is 17.8 Å². The number of hydrogen-bond donors (Lipinski definition) is 0. The van der Waals surface area contributed by atoms with Crippen LogP contribution in [0.5, 0.6) is 0 Å². The summed E-state index contributed by atoms with van der Waals surface area (Å²) in [6, 6.07) is 4.39. The summed E-state index contributed by atoms with van der Waals surface area (Å²) in [7, 11) is 0. The summed E-state index contributed by atoms with van der Waals surface area (Å²) in [4.78, 5) is 4.14. The summed E-state index contributed by atoms with van der Waals surface area (Å²) in [5.74, 6) is 0.728. The molecular weight excluding hydrogens is 292 g/mol. The lowest BCUT2D eigenvalue weighted by Crippen LogP contribution is -2.36. The monoisotopic (exact) mass is 314 g/mol. The van der Waals surface area contributed by atoms with Gasteiger partial charge in [0.1, 0.15) is 0 Å². The molecule has 2 aliphatic rings. The summed E-state index contributed by atoms with van der Waals surface area (Å²) in [6.45, 7) is 3.53. The van der Waals surface area contributed by atoms with Crippen molar-refractivity contribution in [2.24, 2.45) is 5.92 Å². The van der Waals surface area contributed by atoms with Crippen LogP contribution in [0.25, 0.3) is 0 Å². The van der Waals surface area contributed by atoms with E-state index in [2.05, 4.69) is 34.8 Å². The van der Waals surface area contributed by atoms with Crippen LogP contribution in [-0.2, 0) is 24.8 Å². The molecule has 2 unspecified atom stereocenters. The van der Waals surface area contributed by atoms with Crippen LogP contribution in [0.2, 0.25) is 5.02 Å². The maximum atomic E-state index is 6.57. The van der Waals surface area contributed by atoms with Gasteiger partial charge in [0.05, 0.1) is 6.33 Å². The number of halogens is 1. The molecule has 0 fully saturated rings. The van der Waals surface area contributed by atoms with E-state index in [1.165, 1.54) is 37.7 Å². The van der Waals surface area contributed by atoms with Crippen LogP contribution < -0.4 is 0 Å². The number of aromatic nitrogens is 2. The number of benzene rings is 1. The van der Waals surface area contributed by atoms with Gasteiger partial charge in [-0.25, -0.2) is 4.98 Å². The molecule has 0 aliphatic heterocycles. The average molecular weight is 315 g/mol. The largest absolute Gasteiger partial charge is 0.337 e. The Morgan fingerprint density at radius 1 is 1.41 bits per heavy atom. The molecule has 116 valence electrons. The summed E-state index contributed by atoms with van der Waals surface area (Å²) in [5, 5.41) is 0.985. The van der Waals surface area contributed by atoms with E-state index in [-0.39, 0.29) is 0 Å². The lowest BCUT2D eigenvalue weighted by molar-refractivity contribution is 0.255. The molecule has 0 radical (unpaired) electrons. The molecule has 0 N–H and O–H groups in total. The van der Waals surface area contributed by atoms with E-state index in [0.29, 0.717) is 5.41 Å². The van der Waals surface area contributed by atoms with Gasteiger partial charge in [-0.3, -0.25) is 0 Å². The first-order valence-electron chi connectivity index (χ1n) is 8.42. The highest BCUT2D eigenvalue weighted by atomic mass is 35.5. The van der Waals surface area contributed by atoms with Gasteiger partial charge in [-0.05, 0) is 72.6 Å². The second-order valence-electron chi connectivity index (χ2n) is 7.34. The highest BCUT2D eigenvalue weighted by Crippen LogP contribution is 2.50. The molecule has 2 aromatic rings. The molecule has 22 heavy (non-hydrogen) atoms. The van der Waals surface area contributed by atoms with E-state index in [9.17, 15) is 0 Å². The molecule has 2 nitrogen and oxygen atoms in total. The predicted octanol–water partition coefficient (Wildman–Crippen LogP) is 4.78. The Labute approximate surface area is 137 Å². The molecule has 3 heteroatoms. The third kappa shape index (κ3) is 2.38. The minimum atomic E-state index is 0.339. The first-order valence-corrected chi connectivity index (χ1v) is 8.80. The summed E-state index contributed by atoms with van der Waals surface area (Å²) >= 11 is 6.57. The van der Waals surface area contributed by atoms with Crippen LogP contribution in [0.4, 0.5) is 0 Å². The van der Waals surface area contributed by atoms with E-state index in [0.717, 1.165) is 23.9 Å². The van der Waals surface area contributed by atoms with E-state index in [1.807, 2.05) is 12.5 Å². The summed E-state index contributed by atoms with van der Waals surface area (Å²) < 4.78 is 2.19. The van der Waals surface area contributed by atoms with Gasteiger partial charge in [0.2, 0.25) is 0 Å². The third-order valence-electron chi connectivity index (χ3n) is 5.71. The summed E-state index contributed by atoms with van der Waals surface area (Å²) in [6.07, 6.45) is 13.4. The van der Waals surface area contributed by atoms with Crippen LogP contribution in [0.1, 0.15) is 49.3 Å². The van der Waals surface area contributed by atoms with Gasteiger partial charge in [-0.15, -0.1) is 0 Å². The Hall–Kier alpha value is -1.28. The second kappa shape index (κ2) is 5.42. The molecule has 0 saturated carbocycles. The third-order valence-corrected chi connectivity index (χ3v) is 6.06. The Balaban J connectivity index is 1.63. The molecule has 1 aromatic heterocycles. The second-order valence-corrected chi connectivity index (χ2v) is 7.74. The molecule has 0 spiro atoms. The zero-order valence-electron chi connectivity index (χ0n) is 13.2. The molecule has 1 heterocycles. The molecular formula is C19H23ClN2. The van der Waals surface area contributed by atoms with Gasteiger partial charge in [0, 0.05) is 24.0 Å². The highest BCUT2D eigenvalue weighted by Gasteiger charge is 2.40. The Bertz CT molecular complexity index is 677. The van der Waals surface area contributed by atoms with Crippen molar-refractivity contribution < 1.29 is 0 Å². The highest BCUT2D eigenvalue weighted by molar-refractivity contribution is 6.31. The van der Waals surface area contributed by atoms with Crippen LogP contribution in [-0.4, -0.2) is 9.55 Å². The smallest absolute Gasteiger partial charge is 0.0945 e. The standard InChI is InChI=1S/C19H23ClN2/c1-19-7-2-3-15-4-5-17(20)16(18(15)19)11-14(12-19)6-9-22-10-8-21-13-22/h4-5,8,10,13-14H,2-3,6-7,9,11-12H2,1H3. The number of nitrogens with zero attached hydrogens (tertiary/aromatic N) is 2. The van der Waals surface area contributed by atoms with Crippen molar-refractivity contribution >= 4 is 11.6 Å².